The van der Waals surface area contributed by atoms with Gasteiger partial charge >= 0.3 is 0 Å². The maximum atomic E-state index is 14.0. The van der Waals surface area contributed by atoms with Crippen molar-refractivity contribution in [1.82, 2.24) is 5.32 Å². The van der Waals surface area contributed by atoms with Crippen molar-refractivity contribution in [2.45, 2.75) is 25.7 Å². The number of hydrogen-bond donors (Lipinski definition) is 2. The first kappa shape index (κ1) is 20.8. The van der Waals surface area contributed by atoms with Gasteiger partial charge in [-0.2, -0.15) is 0 Å². The van der Waals surface area contributed by atoms with Gasteiger partial charge in [0.1, 0.15) is 5.75 Å². The van der Waals surface area contributed by atoms with E-state index in [9.17, 15) is 24.3 Å². The average Bonchev–Trinajstić information content (AvgIpc) is 3.22. The number of aromatic hydroxyl groups is 1. The number of benzene rings is 2. The number of hydrogen-bond acceptors (Lipinski definition) is 5. The highest BCUT2D eigenvalue weighted by Gasteiger charge is 2.67. The molecule has 7 nitrogen and oxygen atoms in total. The Balaban J connectivity index is 1.55. The van der Waals surface area contributed by atoms with Crippen LogP contribution in [0.3, 0.4) is 0 Å². The molecule has 2 aromatic carbocycles. The number of carbonyl (C=O) groups is 4. The second-order valence-electron chi connectivity index (χ2n) is 9.95. The van der Waals surface area contributed by atoms with E-state index in [-0.39, 0.29) is 35.3 Å². The van der Waals surface area contributed by atoms with Crippen molar-refractivity contribution >= 4 is 29.3 Å². The van der Waals surface area contributed by atoms with Crippen molar-refractivity contribution in [2.75, 3.05) is 4.90 Å². The van der Waals surface area contributed by atoms with Crippen LogP contribution in [-0.4, -0.2) is 28.7 Å². The number of rotatable bonds is 2. The SMILES string of the molecule is CC12C(=O)N(c3ccccc3)C(=O)C1CC1C(=CCC3C(=O)NC(=O)C31)C2c1cccc(O)c1. The van der Waals surface area contributed by atoms with Crippen molar-refractivity contribution in [2.24, 2.45) is 29.1 Å². The molecule has 0 bridgehead atoms. The highest BCUT2D eigenvalue weighted by Crippen LogP contribution is 2.63. The van der Waals surface area contributed by atoms with Gasteiger partial charge in [0.2, 0.25) is 23.6 Å². The van der Waals surface area contributed by atoms with Gasteiger partial charge in [0.15, 0.2) is 0 Å². The Morgan fingerprint density at radius 2 is 1.74 bits per heavy atom. The van der Waals surface area contributed by atoms with Crippen LogP contribution in [0, 0.1) is 29.1 Å². The van der Waals surface area contributed by atoms with Gasteiger partial charge in [-0.25, -0.2) is 4.90 Å². The molecule has 6 rings (SSSR count). The Bertz CT molecular complexity index is 1280. The fourth-order valence-electron chi connectivity index (χ4n) is 6.83. The Labute approximate surface area is 196 Å². The molecule has 7 heteroatoms. The van der Waals surface area contributed by atoms with Crippen molar-refractivity contribution in [1.29, 1.82) is 0 Å². The molecule has 2 heterocycles. The van der Waals surface area contributed by atoms with E-state index < -0.39 is 29.1 Å². The molecule has 4 aliphatic rings. The lowest BCUT2D eigenvalue weighted by molar-refractivity contribution is -0.131. The predicted molar refractivity (Wildman–Crippen MR) is 122 cm³/mol. The van der Waals surface area contributed by atoms with Crippen LogP contribution in [-0.2, 0) is 19.2 Å². The number of allylic oxidation sites excluding steroid dienone is 2. The summed E-state index contributed by atoms with van der Waals surface area (Å²) in [4.78, 5) is 54.3. The van der Waals surface area contributed by atoms with E-state index in [2.05, 4.69) is 5.32 Å². The van der Waals surface area contributed by atoms with Gasteiger partial charge in [0.05, 0.1) is 28.9 Å². The van der Waals surface area contributed by atoms with Crippen LogP contribution in [0.1, 0.15) is 31.2 Å². The monoisotopic (exact) mass is 456 g/mol. The number of amides is 4. The Morgan fingerprint density at radius 1 is 0.971 bits per heavy atom. The first-order valence-electron chi connectivity index (χ1n) is 11.6. The molecule has 2 aliphatic carbocycles. The minimum Gasteiger partial charge on any atom is -0.508 e. The van der Waals surface area contributed by atoms with E-state index in [0.29, 0.717) is 18.5 Å². The fourth-order valence-corrected chi connectivity index (χ4v) is 6.83. The molecule has 4 amide bonds. The number of nitrogens with one attached hydrogen (secondary N) is 1. The van der Waals surface area contributed by atoms with Crippen LogP contribution in [0.5, 0.6) is 5.75 Å². The number of phenolic OH excluding ortho intramolecular Hbond substituents is 1. The summed E-state index contributed by atoms with van der Waals surface area (Å²) in [5, 5.41) is 12.7. The van der Waals surface area contributed by atoms with Crippen LogP contribution in [0.4, 0.5) is 5.69 Å². The Kier molecular flexibility index (Phi) is 4.37. The molecule has 1 saturated carbocycles. The van der Waals surface area contributed by atoms with E-state index in [4.69, 9.17) is 0 Å². The van der Waals surface area contributed by atoms with E-state index in [1.807, 2.05) is 25.1 Å². The Hall–Kier alpha value is -3.74. The molecule has 0 spiro atoms. The van der Waals surface area contributed by atoms with Gasteiger partial charge in [0, 0.05) is 5.92 Å². The molecule has 0 aromatic heterocycles. The summed E-state index contributed by atoms with van der Waals surface area (Å²) in [5.74, 6) is -3.56. The normalized spacial score (nSPS) is 34.3. The van der Waals surface area contributed by atoms with Gasteiger partial charge in [-0.05, 0) is 55.5 Å². The summed E-state index contributed by atoms with van der Waals surface area (Å²) in [6.07, 6.45) is 2.73. The lowest BCUT2D eigenvalue weighted by atomic mass is 9.51. The predicted octanol–water partition coefficient (Wildman–Crippen LogP) is 2.91. The molecule has 3 fully saturated rings. The second kappa shape index (κ2) is 7.13. The lowest BCUT2D eigenvalue weighted by Crippen LogP contribution is -2.48. The maximum Gasteiger partial charge on any atom is 0.241 e. The molecule has 0 radical (unpaired) electrons. The van der Waals surface area contributed by atoms with Crippen LogP contribution >= 0.6 is 0 Å². The third-order valence-electron chi connectivity index (χ3n) is 8.34. The number of nitrogens with zero attached hydrogens (tertiary/aromatic N) is 1. The summed E-state index contributed by atoms with van der Waals surface area (Å²) in [5.41, 5.74) is 1.07. The van der Waals surface area contributed by atoms with E-state index in [1.54, 1.807) is 42.5 Å². The molecule has 172 valence electrons. The van der Waals surface area contributed by atoms with Crippen LogP contribution in [0.15, 0.2) is 66.2 Å². The quantitative estimate of drug-likeness (QED) is 0.534. The zero-order valence-electron chi connectivity index (χ0n) is 18.6. The zero-order valence-corrected chi connectivity index (χ0v) is 18.6. The number of carbonyl (C=O) groups excluding carboxylic acids is 4. The van der Waals surface area contributed by atoms with Gasteiger partial charge in [-0.1, -0.05) is 42.0 Å². The molecule has 6 unspecified atom stereocenters. The summed E-state index contributed by atoms with van der Waals surface area (Å²) in [6.45, 7) is 1.83. The standard InChI is InChI=1S/C27H24N2O5/c1-27-20(25(33)29(26(27)34)15-7-3-2-4-8-15)13-19-17(22(27)14-6-5-9-16(30)12-14)10-11-18-21(19)24(32)28-23(18)31/h2-10,12,18-22,30H,11,13H2,1H3,(H,28,31,32). The molecule has 2 saturated heterocycles. The van der Waals surface area contributed by atoms with Crippen molar-refractivity contribution in [3.05, 3.63) is 71.8 Å². The van der Waals surface area contributed by atoms with Crippen molar-refractivity contribution in [3.63, 3.8) is 0 Å². The second-order valence-corrected chi connectivity index (χ2v) is 9.95. The van der Waals surface area contributed by atoms with Gasteiger partial charge in [0.25, 0.3) is 0 Å². The number of imide groups is 2. The molecule has 6 atom stereocenters. The number of phenols is 1. The van der Waals surface area contributed by atoms with E-state index in [1.165, 1.54) is 4.90 Å². The van der Waals surface area contributed by atoms with Gasteiger partial charge < -0.3 is 5.11 Å². The van der Waals surface area contributed by atoms with Gasteiger partial charge in [-0.15, -0.1) is 0 Å². The Morgan fingerprint density at radius 3 is 2.47 bits per heavy atom. The first-order valence-corrected chi connectivity index (χ1v) is 11.6. The summed E-state index contributed by atoms with van der Waals surface area (Å²) >= 11 is 0. The molecule has 2 aliphatic heterocycles. The lowest BCUT2D eigenvalue weighted by Gasteiger charge is -2.49. The van der Waals surface area contributed by atoms with Crippen LogP contribution < -0.4 is 10.2 Å². The number of para-hydroxylation sites is 1. The van der Waals surface area contributed by atoms with Crippen molar-refractivity contribution in [3.8, 4) is 5.75 Å². The van der Waals surface area contributed by atoms with Crippen LogP contribution in [0.2, 0.25) is 0 Å². The molecule has 2 aromatic rings. The fraction of sp³-hybridized carbons (Fsp3) is 0.333. The topological polar surface area (TPSA) is 104 Å². The highest BCUT2D eigenvalue weighted by molar-refractivity contribution is 6.24. The molecular formula is C27H24N2O5. The smallest absolute Gasteiger partial charge is 0.241 e. The minimum absolute atomic E-state index is 0.0690. The molecule has 34 heavy (non-hydrogen) atoms. The minimum atomic E-state index is -1.09. The van der Waals surface area contributed by atoms with Gasteiger partial charge in [-0.3, -0.25) is 24.5 Å². The van der Waals surface area contributed by atoms with E-state index in [0.717, 1.165) is 11.1 Å². The molecule has 2 N–H and O–H groups in total. The zero-order chi connectivity index (χ0) is 23.8. The number of anilines is 1. The number of fused-ring (bicyclic) bond motifs is 4. The highest BCUT2D eigenvalue weighted by atomic mass is 16.3. The van der Waals surface area contributed by atoms with E-state index >= 15 is 0 Å². The summed E-state index contributed by atoms with van der Waals surface area (Å²) < 4.78 is 0. The maximum absolute atomic E-state index is 14.0. The third-order valence-corrected chi connectivity index (χ3v) is 8.34. The first-order chi connectivity index (χ1) is 16.3. The third kappa shape index (κ3) is 2.64. The molecular weight excluding hydrogens is 432 g/mol. The largest absolute Gasteiger partial charge is 0.508 e. The summed E-state index contributed by atoms with van der Waals surface area (Å²) in [7, 11) is 0. The van der Waals surface area contributed by atoms with Crippen molar-refractivity contribution < 1.29 is 24.3 Å². The average molecular weight is 456 g/mol. The van der Waals surface area contributed by atoms with Crippen LogP contribution in [0.25, 0.3) is 0 Å². The summed E-state index contributed by atoms with van der Waals surface area (Å²) in [6, 6.07) is 15.7.